The summed E-state index contributed by atoms with van der Waals surface area (Å²) in [5, 5.41) is 4.38. The lowest BCUT2D eigenvalue weighted by molar-refractivity contribution is -0.121. The number of fused-ring (bicyclic) bond motifs is 1. The summed E-state index contributed by atoms with van der Waals surface area (Å²) in [6, 6.07) is 24.1. The number of carbonyl (C=O) groups excluding carboxylic acids is 1. The zero-order valence-corrected chi connectivity index (χ0v) is 16.9. The van der Waals surface area contributed by atoms with Crippen LogP contribution in [0.3, 0.4) is 0 Å². The molecule has 3 aromatic rings. The molecule has 0 fully saturated rings. The topological polar surface area (TPSA) is 29.1 Å². The average molecular weight is 410 g/mol. The standard InChI is InChI=1S/C24H21Cl2NO/c25-21-12-10-17(15-22(21)26)18-11-13-23(20-9-5-4-8-19(18)20)27-24(28)14-16-6-2-1-3-7-16/h1-10,12,15,18,23H,11,13-14H2,(H,27,28)/t18-,23+/m0/s1. The van der Waals surface area contributed by atoms with E-state index in [1.807, 2.05) is 54.6 Å². The maximum absolute atomic E-state index is 12.6. The molecule has 3 aromatic carbocycles. The Morgan fingerprint density at radius 1 is 0.857 bits per heavy atom. The molecule has 0 radical (unpaired) electrons. The quantitative estimate of drug-likeness (QED) is 0.536. The minimum atomic E-state index is 0.0337. The van der Waals surface area contributed by atoms with Crippen molar-refractivity contribution in [2.24, 2.45) is 0 Å². The molecule has 1 amide bonds. The second kappa shape index (κ2) is 8.38. The van der Waals surface area contributed by atoms with Crippen LogP contribution in [-0.4, -0.2) is 5.91 Å². The highest BCUT2D eigenvalue weighted by Gasteiger charge is 2.29. The van der Waals surface area contributed by atoms with Gasteiger partial charge in [-0.05, 0) is 47.2 Å². The largest absolute Gasteiger partial charge is 0.349 e. The SMILES string of the molecule is O=C(Cc1ccccc1)N[C@@H]1CC[C@@H](c2ccc(Cl)c(Cl)c2)c2ccccc21. The van der Waals surface area contributed by atoms with E-state index in [0.29, 0.717) is 16.5 Å². The molecule has 4 heteroatoms. The van der Waals surface area contributed by atoms with Gasteiger partial charge in [-0.2, -0.15) is 0 Å². The van der Waals surface area contributed by atoms with E-state index in [1.165, 1.54) is 11.1 Å². The molecule has 2 nitrogen and oxygen atoms in total. The molecule has 0 saturated heterocycles. The second-order valence-corrected chi connectivity index (χ2v) is 8.03. The summed E-state index contributed by atoms with van der Waals surface area (Å²) in [6.07, 6.45) is 2.24. The third-order valence-corrected chi connectivity index (χ3v) is 6.12. The third-order valence-electron chi connectivity index (χ3n) is 5.38. The highest BCUT2D eigenvalue weighted by atomic mass is 35.5. The van der Waals surface area contributed by atoms with Crippen LogP contribution in [0.5, 0.6) is 0 Å². The van der Waals surface area contributed by atoms with E-state index < -0.39 is 0 Å². The summed E-state index contributed by atoms with van der Waals surface area (Å²) in [7, 11) is 0. The smallest absolute Gasteiger partial charge is 0.224 e. The molecular formula is C24H21Cl2NO. The summed E-state index contributed by atoms with van der Waals surface area (Å²) < 4.78 is 0. The Balaban J connectivity index is 1.56. The number of hydrogen-bond donors (Lipinski definition) is 1. The predicted molar refractivity (Wildman–Crippen MR) is 115 cm³/mol. The van der Waals surface area contributed by atoms with Gasteiger partial charge in [0.1, 0.15) is 0 Å². The third kappa shape index (κ3) is 4.09. The van der Waals surface area contributed by atoms with Gasteiger partial charge in [-0.3, -0.25) is 4.79 Å². The molecule has 0 aliphatic heterocycles. The highest BCUT2D eigenvalue weighted by Crippen LogP contribution is 2.42. The Kier molecular flexibility index (Phi) is 5.70. The highest BCUT2D eigenvalue weighted by molar-refractivity contribution is 6.42. The van der Waals surface area contributed by atoms with E-state index in [2.05, 4.69) is 23.5 Å². The van der Waals surface area contributed by atoms with E-state index in [4.69, 9.17) is 23.2 Å². The van der Waals surface area contributed by atoms with Gasteiger partial charge < -0.3 is 5.32 Å². The first-order chi connectivity index (χ1) is 13.6. The first-order valence-corrected chi connectivity index (χ1v) is 10.2. The number of amides is 1. The normalized spacial score (nSPS) is 18.4. The fourth-order valence-electron chi connectivity index (χ4n) is 4.04. The van der Waals surface area contributed by atoms with Crippen LogP contribution in [0, 0.1) is 0 Å². The minimum Gasteiger partial charge on any atom is -0.349 e. The fourth-order valence-corrected chi connectivity index (χ4v) is 4.35. The van der Waals surface area contributed by atoms with Crippen molar-refractivity contribution in [1.29, 1.82) is 0 Å². The van der Waals surface area contributed by atoms with Crippen LogP contribution in [0.2, 0.25) is 10.0 Å². The molecule has 142 valence electrons. The van der Waals surface area contributed by atoms with Gasteiger partial charge in [0, 0.05) is 5.92 Å². The van der Waals surface area contributed by atoms with Crippen molar-refractivity contribution < 1.29 is 4.79 Å². The van der Waals surface area contributed by atoms with Crippen LogP contribution in [-0.2, 0) is 11.2 Å². The van der Waals surface area contributed by atoms with Crippen LogP contribution >= 0.6 is 23.2 Å². The second-order valence-electron chi connectivity index (χ2n) is 7.21. The molecule has 0 spiro atoms. The van der Waals surface area contributed by atoms with E-state index in [0.717, 1.165) is 24.0 Å². The van der Waals surface area contributed by atoms with Gasteiger partial charge >= 0.3 is 0 Å². The van der Waals surface area contributed by atoms with Crippen molar-refractivity contribution in [2.75, 3.05) is 0 Å². The summed E-state index contributed by atoms with van der Waals surface area (Å²) in [5.41, 5.74) is 4.62. The van der Waals surface area contributed by atoms with E-state index in [1.54, 1.807) is 0 Å². The molecule has 0 saturated carbocycles. The summed E-state index contributed by atoms with van der Waals surface area (Å²) in [5.74, 6) is 0.312. The van der Waals surface area contributed by atoms with Crippen molar-refractivity contribution in [1.82, 2.24) is 5.32 Å². The summed E-state index contributed by atoms with van der Waals surface area (Å²) in [6.45, 7) is 0. The van der Waals surface area contributed by atoms with Gasteiger partial charge in [0.2, 0.25) is 5.91 Å². The number of nitrogens with one attached hydrogen (secondary N) is 1. The Morgan fingerprint density at radius 2 is 1.57 bits per heavy atom. The first kappa shape index (κ1) is 19.0. The van der Waals surface area contributed by atoms with Crippen molar-refractivity contribution in [3.05, 3.63) is 105 Å². The van der Waals surface area contributed by atoms with Gasteiger partial charge in [0.15, 0.2) is 0 Å². The van der Waals surface area contributed by atoms with Crippen LogP contribution in [0.25, 0.3) is 0 Å². The minimum absolute atomic E-state index is 0.0337. The zero-order valence-electron chi connectivity index (χ0n) is 15.4. The van der Waals surface area contributed by atoms with Crippen molar-refractivity contribution >= 4 is 29.1 Å². The molecular weight excluding hydrogens is 389 g/mol. The number of rotatable bonds is 4. The molecule has 4 rings (SSSR count). The van der Waals surface area contributed by atoms with Crippen LogP contribution < -0.4 is 5.32 Å². The van der Waals surface area contributed by atoms with E-state index in [-0.39, 0.29) is 17.9 Å². The molecule has 2 atom stereocenters. The molecule has 0 unspecified atom stereocenters. The number of benzene rings is 3. The van der Waals surface area contributed by atoms with E-state index >= 15 is 0 Å². The molecule has 0 aromatic heterocycles. The van der Waals surface area contributed by atoms with Gasteiger partial charge in [0.05, 0.1) is 22.5 Å². The fraction of sp³-hybridized carbons (Fsp3) is 0.208. The lowest BCUT2D eigenvalue weighted by Gasteiger charge is -2.32. The van der Waals surface area contributed by atoms with Gasteiger partial charge in [0.25, 0.3) is 0 Å². The maximum Gasteiger partial charge on any atom is 0.224 e. The molecule has 28 heavy (non-hydrogen) atoms. The first-order valence-electron chi connectivity index (χ1n) is 9.49. The van der Waals surface area contributed by atoms with Crippen molar-refractivity contribution in [3.63, 3.8) is 0 Å². The Morgan fingerprint density at radius 3 is 2.32 bits per heavy atom. The number of hydrogen-bond acceptors (Lipinski definition) is 1. The molecule has 1 N–H and O–H groups in total. The Hall–Kier alpha value is -2.29. The van der Waals surface area contributed by atoms with Crippen LogP contribution in [0.1, 0.15) is 47.1 Å². The van der Waals surface area contributed by atoms with E-state index in [9.17, 15) is 4.79 Å². The molecule has 0 heterocycles. The molecule has 1 aliphatic rings. The summed E-state index contributed by atoms with van der Waals surface area (Å²) >= 11 is 12.3. The lowest BCUT2D eigenvalue weighted by atomic mass is 9.76. The Bertz CT molecular complexity index is 987. The maximum atomic E-state index is 12.6. The van der Waals surface area contributed by atoms with Gasteiger partial charge in [-0.25, -0.2) is 0 Å². The van der Waals surface area contributed by atoms with Crippen LogP contribution in [0.4, 0.5) is 0 Å². The lowest BCUT2D eigenvalue weighted by Crippen LogP contribution is -2.33. The van der Waals surface area contributed by atoms with Gasteiger partial charge in [-0.1, -0.05) is 83.9 Å². The van der Waals surface area contributed by atoms with Gasteiger partial charge in [-0.15, -0.1) is 0 Å². The predicted octanol–water partition coefficient (Wildman–Crippen LogP) is 6.32. The number of halogens is 2. The average Bonchev–Trinajstić information content (AvgIpc) is 2.71. The monoisotopic (exact) mass is 409 g/mol. The molecule has 0 bridgehead atoms. The summed E-state index contributed by atoms with van der Waals surface area (Å²) in [4.78, 5) is 12.6. The van der Waals surface area contributed by atoms with Crippen molar-refractivity contribution in [3.8, 4) is 0 Å². The number of carbonyl (C=O) groups is 1. The zero-order chi connectivity index (χ0) is 19.5. The Labute approximate surface area is 175 Å². The molecule has 1 aliphatic carbocycles. The van der Waals surface area contributed by atoms with Crippen molar-refractivity contribution in [2.45, 2.75) is 31.2 Å². The van der Waals surface area contributed by atoms with Crippen LogP contribution in [0.15, 0.2) is 72.8 Å².